The molecule has 1 N–H and O–H groups in total. The highest BCUT2D eigenvalue weighted by Gasteiger charge is 2.17. The third-order valence-electron chi connectivity index (χ3n) is 4.10. The van der Waals surface area contributed by atoms with Crippen LogP contribution in [0.15, 0.2) is 78.0 Å². The molecular weight excluding hydrogens is 424 g/mol. The number of nitrogens with zero attached hydrogens (tertiary/aromatic N) is 3. The summed E-state index contributed by atoms with van der Waals surface area (Å²) in [6.07, 6.45) is 0. The molecule has 8 heteroatoms. The number of aromatic nitrogens is 3. The van der Waals surface area contributed by atoms with Crippen molar-refractivity contribution in [1.82, 2.24) is 20.1 Å². The van der Waals surface area contributed by atoms with Crippen molar-refractivity contribution in [2.45, 2.75) is 11.7 Å². The van der Waals surface area contributed by atoms with Crippen LogP contribution in [-0.4, -0.2) is 26.4 Å². The van der Waals surface area contributed by atoms with E-state index in [0.717, 1.165) is 22.0 Å². The minimum atomic E-state index is -0.0663. The number of amides is 1. The summed E-state index contributed by atoms with van der Waals surface area (Å²) in [4.78, 5) is 13.3. The summed E-state index contributed by atoms with van der Waals surface area (Å²) in [5.41, 5.74) is 1.92. The second-order valence-corrected chi connectivity index (χ2v) is 8.86. The van der Waals surface area contributed by atoms with Gasteiger partial charge in [-0.3, -0.25) is 9.36 Å². The summed E-state index contributed by atoms with van der Waals surface area (Å²) in [6, 6.07) is 23.5. The van der Waals surface area contributed by atoms with Crippen molar-refractivity contribution in [3.05, 3.63) is 82.0 Å². The van der Waals surface area contributed by atoms with Gasteiger partial charge < -0.3 is 5.32 Å². The molecule has 0 unspecified atom stereocenters. The summed E-state index contributed by atoms with van der Waals surface area (Å²) in [5, 5.41) is 12.3. The van der Waals surface area contributed by atoms with Gasteiger partial charge in [0.2, 0.25) is 5.91 Å². The minimum Gasteiger partial charge on any atom is -0.350 e. The lowest BCUT2D eigenvalue weighted by Gasteiger charge is -2.10. The summed E-state index contributed by atoms with van der Waals surface area (Å²) >= 11 is 8.75. The Balaban J connectivity index is 1.51. The van der Waals surface area contributed by atoms with Crippen molar-refractivity contribution in [2.75, 3.05) is 5.75 Å². The van der Waals surface area contributed by atoms with Crippen molar-refractivity contribution >= 4 is 40.6 Å². The molecule has 4 aromatic rings. The van der Waals surface area contributed by atoms with Crippen LogP contribution in [0.4, 0.5) is 0 Å². The molecule has 5 nitrogen and oxygen atoms in total. The van der Waals surface area contributed by atoms with Crippen molar-refractivity contribution < 1.29 is 4.79 Å². The predicted molar refractivity (Wildman–Crippen MR) is 119 cm³/mol. The highest BCUT2D eigenvalue weighted by Crippen LogP contribution is 2.27. The average Bonchev–Trinajstić information content (AvgIpc) is 3.38. The van der Waals surface area contributed by atoms with Crippen LogP contribution in [0.5, 0.6) is 0 Å². The Bertz CT molecular complexity index is 1100. The Hall–Kier alpha value is -2.61. The monoisotopic (exact) mass is 440 g/mol. The number of hydrogen-bond donors (Lipinski definition) is 1. The molecular formula is C21H17ClN4OS2. The van der Waals surface area contributed by atoms with E-state index >= 15 is 0 Å². The van der Waals surface area contributed by atoms with Gasteiger partial charge in [-0.25, -0.2) is 0 Å². The third kappa shape index (κ3) is 4.87. The lowest BCUT2D eigenvalue weighted by Crippen LogP contribution is -2.24. The zero-order valence-electron chi connectivity index (χ0n) is 15.3. The molecule has 29 heavy (non-hydrogen) atoms. The van der Waals surface area contributed by atoms with Gasteiger partial charge in [-0.1, -0.05) is 71.9 Å². The van der Waals surface area contributed by atoms with Gasteiger partial charge in [-0.15, -0.1) is 21.5 Å². The number of carbonyl (C=O) groups excluding carboxylic acids is 1. The maximum absolute atomic E-state index is 12.3. The van der Waals surface area contributed by atoms with E-state index in [4.69, 9.17) is 11.6 Å². The molecule has 0 radical (unpaired) electrons. The zero-order chi connectivity index (χ0) is 20.1. The van der Waals surface area contributed by atoms with Gasteiger partial charge in [-0.05, 0) is 24.3 Å². The first-order valence-electron chi connectivity index (χ1n) is 8.90. The molecule has 2 heterocycles. The molecule has 2 aromatic carbocycles. The highest BCUT2D eigenvalue weighted by atomic mass is 35.5. The largest absolute Gasteiger partial charge is 0.350 e. The SMILES string of the molecule is O=C(CSc1nnc(-c2ccccc2)n1-c1ccccc1)NCc1ccc(Cl)s1. The molecule has 2 aromatic heterocycles. The first kappa shape index (κ1) is 19.7. The predicted octanol–water partition coefficient (Wildman–Crippen LogP) is 5.06. The van der Waals surface area contributed by atoms with E-state index in [1.165, 1.54) is 23.1 Å². The number of hydrogen-bond acceptors (Lipinski definition) is 5. The molecule has 0 saturated heterocycles. The Morgan fingerprint density at radius 3 is 2.41 bits per heavy atom. The first-order chi connectivity index (χ1) is 14.2. The average molecular weight is 441 g/mol. The van der Waals surface area contributed by atoms with Crippen LogP contribution < -0.4 is 5.32 Å². The standard InChI is InChI=1S/C21H17ClN4OS2/c22-18-12-11-17(29-18)13-23-19(27)14-28-21-25-24-20(15-7-3-1-4-8-15)26(21)16-9-5-2-6-10-16/h1-12H,13-14H2,(H,23,27). The Labute approximate surface area is 181 Å². The summed E-state index contributed by atoms with van der Waals surface area (Å²) in [5.74, 6) is 0.926. The lowest BCUT2D eigenvalue weighted by atomic mass is 10.2. The number of halogens is 1. The number of nitrogens with one attached hydrogen (secondary N) is 1. The van der Waals surface area contributed by atoms with Crippen LogP contribution >= 0.6 is 34.7 Å². The molecule has 0 fully saturated rings. The summed E-state index contributed by atoms with van der Waals surface area (Å²) in [7, 11) is 0. The summed E-state index contributed by atoms with van der Waals surface area (Å²) < 4.78 is 2.69. The molecule has 0 aliphatic carbocycles. The maximum Gasteiger partial charge on any atom is 0.230 e. The normalized spacial score (nSPS) is 10.8. The number of para-hydroxylation sites is 1. The second-order valence-electron chi connectivity index (χ2n) is 6.11. The molecule has 146 valence electrons. The molecule has 0 aliphatic heterocycles. The fourth-order valence-corrected chi connectivity index (χ4v) is 4.57. The Kier molecular flexibility index (Phi) is 6.29. The smallest absolute Gasteiger partial charge is 0.230 e. The van der Waals surface area contributed by atoms with E-state index in [1.807, 2.05) is 77.4 Å². The Morgan fingerprint density at radius 2 is 1.72 bits per heavy atom. The number of benzene rings is 2. The topological polar surface area (TPSA) is 59.8 Å². The van der Waals surface area contributed by atoms with Crippen molar-refractivity contribution in [1.29, 1.82) is 0 Å². The molecule has 0 atom stereocenters. The fourth-order valence-electron chi connectivity index (χ4n) is 2.76. The third-order valence-corrected chi connectivity index (χ3v) is 6.26. The maximum atomic E-state index is 12.3. The Morgan fingerprint density at radius 1 is 1.00 bits per heavy atom. The summed E-state index contributed by atoms with van der Waals surface area (Å²) in [6.45, 7) is 0.470. The van der Waals surface area contributed by atoms with Crippen molar-refractivity contribution in [3.63, 3.8) is 0 Å². The van der Waals surface area contributed by atoms with Crippen molar-refractivity contribution in [3.8, 4) is 17.1 Å². The number of rotatable bonds is 7. The van der Waals surface area contributed by atoms with Gasteiger partial charge in [0.15, 0.2) is 11.0 Å². The van der Waals surface area contributed by atoms with Crippen molar-refractivity contribution in [2.24, 2.45) is 0 Å². The van der Waals surface area contributed by atoms with E-state index in [-0.39, 0.29) is 11.7 Å². The molecule has 0 spiro atoms. The van der Waals surface area contributed by atoms with Gasteiger partial charge in [0.05, 0.1) is 16.6 Å². The molecule has 0 aliphatic rings. The zero-order valence-corrected chi connectivity index (χ0v) is 17.7. The van der Waals surface area contributed by atoms with Crippen LogP contribution in [0.25, 0.3) is 17.1 Å². The lowest BCUT2D eigenvalue weighted by molar-refractivity contribution is -0.118. The van der Waals surface area contributed by atoms with Crippen LogP contribution in [0.1, 0.15) is 4.88 Å². The number of carbonyl (C=O) groups is 1. The van der Waals surface area contributed by atoms with Gasteiger partial charge in [0, 0.05) is 16.1 Å². The quantitative estimate of drug-likeness (QED) is 0.408. The van der Waals surface area contributed by atoms with E-state index in [9.17, 15) is 4.79 Å². The van der Waals surface area contributed by atoms with E-state index in [2.05, 4.69) is 15.5 Å². The molecule has 1 amide bonds. The molecule has 0 saturated carbocycles. The van der Waals surface area contributed by atoms with Crippen LogP contribution in [0, 0.1) is 0 Å². The van der Waals surface area contributed by atoms with Gasteiger partial charge in [0.1, 0.15) is 0 Å². The fraction of sp³-hybridized carbons (Fsp3) is 0.0952. The van der Waals surface area contributed by atoms with Crippen LogP contribution in [0.2, 0.25) is 4.34 Å². The number of thioether (sulfide) groups is 1. The molecule has 4 rings (SSSR count). The first-order valence-corrected chi connectivity index (χ1v) is 11.1. The van der Waals surface area contributed by atoms with E-state index < -0.39 is 0 Å². The van der Waals surface area contributed by atoms with E-state index in [0.29, 0.717) is 16.0 Å². The van der Waals surface area contributed by atoms with Gasteiger partial charge >= 0.3 is 0 Å². The molecule has 0 bridgehead atoms. The van der Waals surface area contributed by atoms with Gasteiger partial charge in [0.25, 0.3) is 0 Å². The highest BCUT2D eigenvalue weighted by molar-refractivity contribution is 7.99. The van der Waals surface area contributed by atoms with Crippen LogP contribution in [0.3, 0.4) is 0 Å². The second kappa shape index (κ2) is 9.26. The minimum absolute atomic E-state index is 0.0663. The number of thiophene rings is 1. The van der Waals surface area contributed by atoms with E-state index in [1.54, 1.807) is 0 Å². The van der Waals surface area contributed by atoms with Crippen LogP contribution in [-0.2, 0) is 11.3 Å². The van der Waals surface area contributed by atoms with Gasteiger partial charge in [-0.2, -0.15) is 0 Å².